The maximum absolute atomic E-state index is 11.7. The van der Waals surface area contributed by atoms with Crippen molar-refractivity contribution < 1.29 is 9.53 Å². The van der Waals surface area contributed by atoms with Crippen LogP contribution in [0.4, 0.5) is 0 Å². The lowest BCUT2D eigenvalue weighted by Gasteiger charge is -2.29. The standard InChI is InChI=1S/C9H14BrCl3O2/c1-7(2,3)15-6(14)8(4,10)5-9(11,12)13/h5H2,1-4H3. The predicted octanol–water partition coefficient (Wildman–Crippen LogP) is 4.24. The molecule has 90 valence electrons. The van der Waals surface area contributed by atoms with Crippen LogP contribution in [0.3, 0.4) is 0 Å². The molecule has 0 aromatic heterocycles. The molecule has 0 bridgehead atoms. The number of esters is 1. The highest BCUT2D eigenvalue weighted by molar-refractivity contribution is 9.10. The summed E-state index contributed by atoms with van der Waals surface area (Å²) in [7, 11) is 0. The second-order valence-corrected chi connectivity index (χ2v) is 8.76. The van der Waals surface area contributed by atoms with Crippen LogP contribution in [0, 0.1) is 0 Å². The molecule has 0 aliphatic rings. The summed E-state index contributed by atoms with van der Waals surface area (Å²) in [4.78, 5) is 11.7. The molecule has 0 aliphatic heterocycles. The van der Waals surface area contributed by atoms with Crippen LogP contribution in [0.15, 0.2) is 0 Å². The van der Waals surface area contributed by atoms with Gasteiger partial charge in [0.25, 0.3) is 0 Å². The van der Waals surface area contributed by atoms with Gasteiger partial charge in [-0.05, 0) is 27.7 Å². The number of hydrogen-bond donors (Lipinski definition) is 0. The zero-order chi connectivity index (χ0) is 12.5. The van der Waals surface area contributed by atoms with Crippen molar-refractivity contribution in [3.05, 3.63) is 0 Å². The zero-order valence-corrected chi connectivity index (χ0v) is 12.9. The van der Waals surface area contributed by atoms with Crippen molar-refractivity contribution in [1.29, 1.82) is 0 Å². The van der Waals surface area contributed by atoms with Crippen LogP contribution in [-0.4, -0.2) is 19.7 Å². The Bertz CT molecular complexity index is 241. The topological polar surface area (TPSA) is 26.3 Å². The minimum atomic E-state index is -1.49. The van der Waals surface area contributed by atoms with Gasteiger partial charge in [0.05, 0.1) is 0 Å². The second-order valence-electron chi connectivity index (χ2n) is 4.49. The largest absolute Gasteiger partial charge is 0.459 e. The summed E-state index contributed by atoms with van der Waals surface area (Å²) in [6.45, 7) is 6.96. The van der Waals surface area contributed by atoms with E-state index in [1.165, 1.54) is 0 Å². The van der Waals surface area contributed by atoms with Gasteiger partial charge in [0.2, 0.25) is 0 Å². The first-order valence-electron chi connectivity index (χ1n) is 4.33. The average molecular weight is 340 g/mol. The molecular weight excluding hydrogens is 326 g/mol. The maximum Gasteiger partial charge on any atom is 0.323 e. The molecule has 2 nitrogen and oxygen atoms in total. The fraction of sp³-hybridized carbons (Fsp3) is 0.889. The van der Waals surface area contributed by atoms with E-state index in [9.17, 15) is 4.79 Å². The first kappa shape index (κ1) is 15.8. The van der Waals surface area contributed by atoms with E-state index >= 15 is 0 Å². The maximum atomic E-state index is 11.7. The van der Waals surface area contributed by atoms with E-state index in [4.69, 9.17) is 39.5 Å². The highest BCUT2D eigenvalue weighted by Gasteiger charge is 2.41. The summed E-state index contributed by atoms with van der Waals surface area (Å²) in [6.07, 6.45) is 0.0413. The van der Waals surface area contributed by atoms with Crippen molar-refractivity contribution in [2.45, 2.75) is 47.8 Å². The molecule has 0 aromatic rings. The van der Waals surface area contributed by atoms with Gasteiger partial charge in [0.1, 0.15) is 9.93 Å². The van der Waals surface area contributed by atoms with Gasteiger partial charge in [-0.25, -0.2) is 0 Å². The fourth-order valence-corrected chi connectivity index (χ4v) is 2.62. The van der Waals surface area contributed by atoms with Gasteiger partial charge in [0.15, 0.2) is 3.79 Å². The number of alkyl halides is 4. The lowest BCUT2D eigenvalue weighted by Crippen LogP contribution is -2.39. The third-order valence-electron chi connectivity index (χ3n) is 1.36. The Balaban J connectivity index is 4.54. The lowest BCUT2D eigenvalue weighted by atomic mass is 10.1. The summed E-state index contributed by atoms with van der Waals surface area (Å²) in [5, 5.41) is 0. The fourth-order valence-electron chi connectivity index (χ4n) is 0.833. The molecule has 0 N–H and O–H groups in total. The van der Waals surface area contributed by atoms with E-state index in [0.29, 0.717) is 0 Å². The van der Waals surface area contributed by atoms with Gasteiger partial charge in [-0.3, -0.25) is 4.79 Å². The Morgan fingerprint density at radius 1 is 1.20 bits per heavy atom. The van der Waals surface area contributed by atoms with Gasteiger partial charge in [0, 0.05) is 6.42 Å². The summed E-state index contributed by atoms with van der Waals surface area (Å²) >= 11 is 20.1. The van der Waals surface area contributed by atoms with Gasteiger partial charge >= 0.3 is 5.97 Å². The molecule has 0 fully saturated rings. The Morgan fingerprint density at radius 2 is 1.60 bits per heavy atom. The Hall–Kier alpha value is 0.820. The van der Waals surface area contributed by atoms with E-state index in [1.54, 1.807) is 27.7 Å². The molecule has 1 unspecified atom stereocenters. The van der Waals surface area contributed by atoms with E-state index in [-0.39, 0.29) is 6.42 Å². The molecule has 0 heterocycles. The van der Waals surface area contributed by atoms with Crippen LogP contribution in [0.25, 0.3) is 0 Å². The van der Waals surface area contributed by atoms with Gasteiger partial charge in [-0.15, -0.1) is 0 Å². The molecule has 0 rings (SSSR count). The monoisotopic (exact) mass is 338 g/mol. The third kappa shape index (κ3) is 7.67. The normalized spacial score (nSPS) is 17.1. The van der Waals surface area contributed by atoms with Crippen molar-refractivity contribution in [3.63, 3.8) is 0 Å². The molecule has 0 aliphatic carbocycles. The van der Waals surface area contributed by atoms with Crippen molar-refractivity contribution >= 4 is 56.7 Å². The number of halogens is 4. The van der Waals surface area contributed by atoms with Crippen LogP contribution >= 0.6 is 50.7 Å². The molecule has 15 heavy (non-hydrogen) atoms. The number of carbonyl (C=O) groups is 1. The minimum Gasteiger partial charge on any atom is -0.459 e. The van der Waals surface area contributed by atoms with Gasteiger partial charge < -0.3 is 4.74 Å². The predicted molar refractivity (Wildman–Crippen MR) is 68.1 cm³/mol. The number of rotatable bonds is 2. The average Bonchev–Trinajstić information content (AvgIpc) is 1.75. The molecule has 1 atom stereocenters. The minimum absolute atomic E-state index is 0.0413. The van der Waals surface area contributed by atoms with Crippen molar-refractivity contribution in [1.82, 2.24) is 0 Å². The van der Waals surface area contributed by atoms with Crippen molar-refractivity contribution in [2.24, 2.45) is 0 Å². The first-order chi connectivity index (χ1) is 6.33. The van der Waals surface area contributed by atoms with Crippen LogP contribution < -0.4 is 0 Å². The highest BCUT2D eigenvalue weighted by atomic mass is 79.9. The van der Waals surface area contributed by atoms with E-state index < -0.39 is 19.7 Å². The molecule has 0 amide bonds. The molecular formula is C9H14BrCl3O2. The number of hydrogen-bond acceptors (Lipinski definition) is 2. The number of carbonyl (C=O) groups excluding carboxylic acids is 1. The molecule has 0 spiro atoms. The van der Waals surface area contributed by atoms with Crippen molar-refractivity contribution in [2.75, 3.05) is 0 Å². The lowest BCUT2D eigenvalue weighted by molar-refractivity contribution is -0.157. The molecule has 0 radical (unpaired) electrons. The van der Waals surface area contributed by atoms with Crippen LogP contribution in [0.2, 0.25) is 0 Å². The highest BCUT2D eigenvalue weighted by Crippen LogP contribution is 2.40. The molecule has 0 saturated carbocycles. The smallest absolute Gasteiger partial charge is 0.323 e. The summed E-state index contributed by atoms with van der Waals surface area (Å²) in [5.41, 5.74) is -0.556. The summed E-state index contributed by atoms with van der Waals surface area (Å²) in [6, 6.07) is 0. The second kappa shape index (κ2) is 4.99. The van der Waals surface area contributed by atoms with E-state index in [2.05, 4.69) is 15.9 Å². The third-order valence-corrected chi connectivity index (χ3v) is 2.36. The van der Waals surface area contributed by atoms with Gasteiger partial charge in [-0.2, -0.15) is 0 Å². The van der Waals surface area contributed by atoms with E-state index in [1.807, 2.05) is 0 Å². The molecule has 6 heteroatoms. The van der Waals surface area contributed by atoms with Crippen molar-refractivity contribution in [3.8, 4) is 0 Å². The SMILES string of the molecule is CC(C)(C)OC(=O)C(C)(Br)CC(Cl)(Cl)Cl. The van der Waals surface area contributed by atoms with E-state index in [0.717, 1.165) is 0 Å². The zero-order valence-electron chi connectivity index (χ0n) is 9.04. The Labute approximate surface area is 114 Å². The number of ether oxygens (including phenoxy) is 1. The molecule has 0 saturated heterocycles. The van der Waals surface area contributed by atoms with Crippen LogP contribution in [0.1, 0.15) is 34.1 Å². The first-order valence-corrected chi connectivity index (χ1v) is 6.25. The summed E-state index contributed by atoms with van der Waals surface area (Å²) in [5.74, 6) is -0.443. The Morgan fingerprint density at radius 3 is 1.87 bits per heavy atom. The molecule has 0 aromatic carbocycles. The Kier molecular flexibility index (Phi) is 5.26. The quantitative estimate of drug-likeness (QED) is 0.555. The van der Waals surface area contributed by atoms with Crippen LogP contribution in [-0.2, 0) is 9.53 Å². The summed E-state index contributed by atoms with van der Waals surface area (Å²) < 4.78 is 2.70. The van der Waals surface area contributed by atoms with Crippen LogP contribution in [0.5, 0.6) is 0 Å². The van der Waals surface area contributed by atoms with Gasteiger partial charge in [-0.1, -0.05) is 50.7 Å².